The van der Waals surface area contributed by atoms with Gasteiger partial charge in [0, 0.05) is 58.6 Å². The number of nitrogens with one attached hydrogen (secondary N) is 2. The summed E-state index contributed by atoms with van der Waals surface area (Å²) in [4.78, 5) is 30.9. The maximum Gasteiger partial charge on any atom is 0.414 e. The van der Waals surface area contributed by atoms with Crippen molar-refractivity contribution in [2.75, 3.05) is 47.5 Å². The number of carbonyl (C=O) groups is 2. The maximum absolute atomic E-state index is 14.9. The predicted octanol–water partition coefficient (Wildman–Crippen LogP) is 2.22. The monoisotopic (exact) mass is 461 g/mol. The smallest absolute Gasteiger partial charge is 0.414 e. The molecule has 1 aromatic carbocycles. The molecule has 2 aromatic rings. The molecule has 9 nitrogen and oxygen atoms in total. The molecule has 0 saturated carbocycles. The van der Waals surface area contributed by atoms with Gasteiger partial charge in [-0.2, -0.15) is 0 Å². The van der Waals surface area contributed by atoms with Crippen LogP contribution in [0, 0.1) is 10.6 Å². The number of hydrogen-bond donors (Lipinski definition) is 2. The highest BCUT2D eigenvalue weighted by Gasteiger charge is 2.32. The van der Waals surface area contributed by atoms with E-state index in [4.69, 9.17) is 9.52 Å². The Morgan fingerprint density at radius 3 is 2.69 bits per heavy atom. The molecule has 4 rings (SSSR count). The number of carbonyl (C=O) groups excluding carboxylic acids is 2. The molecular weight excluding hydrogens is 437 g/mol. The third-order valence-electron chi connectivity index (χ3n) is 5.48. The molecule has 2 N–H and O–H groups in total. The number of nitrogens with zero attached hydrogens (tertiary/aromatic N) is 3. The van der Waals surface area contributed by atoms with E-state index in [1.165, 1.54) is 17.9 Å². The molecule has 0 spiro atoms. The molecular formula is C21H24FN5O4S. The fourth-order valence-corrected chi connectivity index (χ4v) is 4.93. The minimum Gasteiger partial charge on any atom is -0.442 e. The summed E-state index contributed by atoms with van der Waals surface area (Å²) < 4.78 is 39.6. The average molecular weight is 462 g/mol. The van der Waals surface area contributed by atoms with Crippen molar-refractivity contribution < 1.29 is 22.9 Å². The summed E-state index contributed by atoms with van der Waals surface area (Å²) in [5.74, 6) is 0.618. The number of pyridine rings is 1. The minimum absolute atomic E-state index is 0.200. The van der Waals surface area contributed by atoms with Gasteiger partial charge in [-0.25, -0.2) is 18.4 Å². The van der Waals surface area contributed by atoms with Crippen LogP contribution >= 0.6 is 0 Å². The predicted molar refractivity (Wildman–Crippen MR) is 119 cm³/mol. The normalized spacial score (nSPS) is 20.2. The van der Waals surface area contributed by atoms with E-state index in [-0.39, 0.29) is 19.0 Å². The number of halogens is 1. The Labute approximate surface area is 185 Å². The average Bonchev–Trinajstić information content (AvgIpc) is 3.13. The van der Waals surface area contributed by atoms with Crippen LogP contribution in [0.25, 0.3) is 11.1 Å². The minimum atomic E-state index is -2.48. The van der Waals surface area contributed by atoms with Crippen LogP contribution in [0.2, 0.25) is 0 Å². The number of rotatable bonds is 5. The van der Waals surface area contributed by atoms with Gasteiger partial charge in [0.25, 0.3) is 0 Å². The third kappa shape index (κ3) is 4.82. The topological polar surface area (TPSA) is 116 Å². The first-order valence-corrected chi connectivity index (χ1v) is 12.1. The Kier molecular flexibility index (Phi) is 6.00. The van der Waals surface area contributed by atoms with Crippen LogP contribution in [0.1, 0.15) is 6.92 Å². The molecule has 2 aliphatic heterocycles. The van der Waals surface area contributed by atoms with E-state index in [1.54, 1.807) is 30.5 Å². The van der Waals surface area contributed by atoms with Crippen molar-refractivity contribution in [2.45, 2.75) is 13.0 Å². The van der Waals surface area contributed by atoms with E-state index in [0.717, 1.165) is 0 Å². The van der Waals surface area contributed by atoms with Gasteiger partial charge in [-0.05, 0) is 30.3 Å². The standard InChI is InChI=1S/C21H24FN5O4S/c1-14(28)24-12-17-13-27(21(29)31-17)16-3-4-18(19(22)10-16)15-2-5-20(25-11-15)26-6-8-32(23,30)9-7-26/h2-5,10-11,17,23H,6-9,12-13H2,1H3,(H,24,28)/t17-/m0/s1. The molecule has 0 unspecified atom stereocenters. The summed E-state index contributed by atoms with van der Waals surface area (Å²) in [6, 6.07) is 8.06. The summed E-state index contributed by atoms with van der Waals surface area (Å²) in [5, 5.41) is 2.60. The summed E-state index contributed by atoms with van der Waals surface area (Å²) in [7, 11) is -2.48. The molecule has 2 amide bonds. The van der Waals surface area contributed by atoms with Gasteiger partial charge in [0.1, 0.15) is 17.7 Å². The van der Waals surface area contributed by atoms with Crippen molar-refractivity contribution in [3.8, 4) is 11.1 Å². The van der Waals surface area contributed by atoms with Crippen LogP contribution in [0.4, 0.5) is 20.7 Å². The lowest BCUT2D eigenvalue weighted by Crippen LogP contribution is -2.40. The van der Waals surface area contributed by atoms with Crippen LogP contribution in [-0.4, -0.2) is 65.0 Å². The van der Waals surface area contributed by atoms with Crippen molar-refractivity contribution in [1.29, 1.82) is 4.78 Å². The zero-order chi connectivity index (χ0) is 22.9. The van der Waals surface area contributed by atoms with Crippen molar-refractivity contribution >= 4 is 33.2 Å². The highest BCUT2D eigenvalue weighted by atomic mass is 32.2. The Bertz CT molecular complexity index is 1130. The Balaban J connectivity index is 1.45. The van der Waals surface area contributed by atoms with E-state index in [1.807, 2.05) is 4.90 Å². The second-order valence-electron chi connectivity index (χ2n) is 7.83. The van der Waals surface area contributed by atoms with E-state index < -0.39 is 27.7 Å². The van der Waals surface area contributed by atoms with Crippen LogP contribution in [0.3, 0.4) is 0 Å². The second-order valence-corrected chi connectivity index (χ2v) is 10.3. The van der Waals surface area contributed by atoms with Gasteiger partial charge in [0.2, 0.25) is 5.91 Å². The number of hydrogen-bond acceptors (Lipinski definition) is 7. The lowest BCUT2D eigenvalue weighted by atomic mass is 10.1. The van der Waals surface area contributed by atoms with Gasteiger partial charge < -0.3 is 15.0 Å². The number of benzene rings is 1. The van der Waals surface area contributed by atoms with E-state index in [0.29, 0.717) is 47.2 Å². The van der Waals surface area contributed by atoms with Crippen molar-refractivity contribution in [3.05, 3.63) is 42.3 Å². The zero-order valence-electron chi connectivity index (χ0n) is 17.5. The molecule has 2 fully saturated rings. The first kappa shape index (κ1) is 22.0. The first-order chi connectivity index (χ1) is 15.2. The van der Waals surface area contributed by atoms with E-state index in [9.17, 15) is 18.2 Å². The van der Waals surface area contributed by atoms with Gasteiger partial charge in [0.15, 0.2) is 0 Å². The molecule has 0 radical (unpaired) electrons. The SMILES string of the molecule is CC(=O)NC[C@H]1CN(c2ccc(-c3ccc(N4CCS(=N)(=O)CC4)nc3)c(F)c2)C(=O)O1. The van der Waals surface area contributed by atoms with Gasteiger partial charge in [-0.3, -0.25) is 14.5 Å². The van der Waals surface area contributed by atoms with E-state index in [2.05, 4.69) is 10.3 Å². The summed E-state index contributed by atoms with van der Waals surface area (Å²) in [6.07, 6.45) is 0.494. The second kappa shape index (κ2) is 8.73. The molecule has 0 aliphatic carbocycles. The summed E-state index contributed by atoms with van der Waals surface area (Å²) >= 11 is 0. The van der Waals surface area contributed by atoms with Crippen molar-refractivity contribution in [2.24, 2.45) is 0 Å². The molecule has 1 aromatic heterocycles. The van der Waals surface area contributed by atoms with E-state index >= 15 is 0 Å². The number of ether oxygens (including phenoxy) is 1. The van der Waals surface area contributed by atoms with Gasteiger partial charge in [0.05, 0.1) is 18.8 Å². The summed E-state index contributed by atoms with van der Waals surface area (Å²) in [5.41, 5.74) is 1.31. The quantitative estimate of drug-likeness (QED) is 0.706. The van der Waals surface area contributed by atoms with Crippen molar-refractivity contribution in [3.63, 3.8) is 0 Å². The Morgan fingerprint density at radius 2 is 2.06 bits per heavy atom. The largest absolute Gasteiger partial charge is 0.442 e. The number of cyclic esters (lactones) is 1. The first-order valence-electron chi connectivity index (χ1n) is 10.2. The fraction of sp³-hybridized carbons (Fsp3) is 0.381. The third-order valence-corrected chi connectivity index (χ3v) is 7.17. The number of amides is 2. The zero-order valence-corrected chi connectivity index (χ0v) is 18.4. The van der Waals surface area contributed by atoms with Gasteiger partial charge in [-0.1, -0.05) is 0 Å². The van der Waals surface area contributed by atoms with Crippen molar-refractivity contribution in [1.82, 2.24) is 10.3 Å². The Hall–Kier alpha value is -3.21. The lowest BCUT2D eigenvalue weighted by molar-refractivity contribution is -0.119. The number of anilines is 2. The highest BCUT2D eigenvalue weighted by molar-refractivity contribution is 7.92. The fourth-order valence-electron chi connectivity index (χ4n) is 3.69. The molecule has 2 saturated heterocycles. The molecule has 2 aliphatic rings. The Morgan fingerprint density at radius 1 is 1.31 bits per heavy atom. The van der Waals surface area contributed by atoms with Crippen LogP contribution < -0.4 is 15.1 Å². The summed E-state index contributed by atoms with van der Waals surface area (Å²) in [6.45, 7) is 2.81. The number of aromatic nitrogens is 1. The van der Waals surface area contributed by atoms with Crippen LogP contribution in [0.15, 0.2) is 36.5 Å². The lowest BCUT2D eigenvalue weighted by Gasteiger charge is -2.29. The molecule has 0 bridgehead atoms. The molecule has 32 heavy (non-hydrogen) atoms. The maximum atomic E-state index is 14.9. The van der Waals surface area contributed by atoms with Gasteiger partial charge in [-0.15, -0.1) is 0 Å². The van der Waals surface area contributed by atoms with Crippen LogP contribution in [-0.2, 0) is 19.3 Å². The molecule has 170 valence electrons. The highest BCUT2D eigenvalue weighted by Crippen LogP contribution is 2.29. The van der Waals surface area contributed by atoms with Crippen LogP contribution in [0.5, 0.6) is 0 Å². The molecule has 11 heteroatoms. The molecule has 1 atom stereocenters. The van der Waals surface area contributed by atoms with Gasteiger partial charge >= 0.3 is 6.09 Å². The molecule has 3 heterocycles.